The van der Waals surface area contributed by atoms with Crippen molar-refractivity contribution in [2.24, 2.45) is 22.2 Å². The number of pyridine rings is 1. The molecule has 13 heteroatoms. The lowest BCUT2D eigenvalue weighted by Gasteiger charge is -2.55. The van der Waals surface area contributed by atoms with Crippen molar-refractivity contribution in [2.75, 3.05) is 13.7 Å². The Bertz CT molecular complexity index is 2660. The minimum Gasteiger partial charge on any atom is -0.453 e. The van der Waals surface area contributed by atoms with Crippen molar-refractivity contribution in [3.8, 4) is 11.3 Å². The maximum atomic E-state index is 15.8. The highest BCUT2D eigenvalue weighted by Gasteiger charge is 2.58. The number of ether oxygens (including phenoxy) is 2. The van der Waals surface area contributed by atoms with Crippen LogP contribution in [0.25, 0.3) is 11.3 Å². The van der Waals surface area contributed by atoms with E-state index in [1.54, 1.807) is 52.7 Å². The Morgan fingerprint density at radius 3 is 1.90 bits per heavy atom. The number of aliphatic hydroxyl groups is 1. The van der Waals surface area contributed by atoms with Crippen LogP contribution in [0.1, 0.15) is 383 Å². The first kappa shape index (κ1) is 40.6. The van der Waals surface area contributed by atoms with Gasteiger partial charge in [0.05, 0.1) is 40.2 Å². The van der Waals surface area contributed by atoms with Crippen LogP contribution in [0.15, 0.2) is 54.7 Å². The quantitative estimate of drug-likeness (QED) is 0.0691. The molecule has 0 aliphatic rings. The number of hydrazine groups is 1. The van der Waals surface area contributed by atoms with E-state index in [1.807, 2.05) is 134 Å². The molecule has 1 heterocycles. The van der Waals surface area contributed by atoms with Crippen LogP contribution in [0, 0.1) is 49.9 Å². The lowest BCUT2D eigenvalue weighted by molar-refractivity contribution is -0.146. The molecule has 13 nitrogen and oxygen atoms in total. The Morgan fingerprint density at radius 2 is 1.43 bits per heavy atom. The van der Waals surface area contributed by atoms with Gasteiger partial charge in [0.1, 0.15) is 11.6 Å². The van der Waals surface area contributed by atoms with Crippen LogP contribution in [0.5, 0.6) is 0 Å². The zero-order valence-electron chi connectivity index (χ0n) is 71.7. The lowest BCUT2D eigenvalue weighted by Crippen LogP contribution is -2.73. The van der Waals surface area contributed by atoms with E-state index in [-0.39, 0.29) is 213 Å². The van der Waals surface area contributed by atoms with Crippen LogP contribution in [-0.2, 0) is 30.0 Å². The fourth-order valence-corrected chi connectivity index (χ4v) is 10.7. The van der Waals surface area contributed by atoms with Crippen LogP contribution >= 0.6 is 0 Å². The molecule has 4 amide bonds. The summed E-state index contributed by atoms with van der Waals surface area (Å²) in [5.41, 5.74) is 0.158. The third-order valence-electron chi connectivity index (χ3n) is 16.1. The van der Waals surface area contributed by atoms with Crippen LogP contribution in [0.4, 0.5) is 9.59 Å². The smallest absolute Gasteiger partial charge is 0.408 e. The molecule has 0 radical (unpaired) electrons. The van der Waals surface area contributed by atoms with E-state index >= 15 is 9.59 Å². The molecular weight excluding hydrogens is 881 g/mol. The Balaban J connectivity index is -0.00000000350. The number of alkyl carbamates (subject to hydrolysis) is 2. The van der Waals surface area contributed by atoms with Gasteiger partial charge in [-0.15, -0.1) is 0 Å². The Morgan fingerprint density at radius 1 is 0.843 bits per heavy atom. The standard InChI is InChI=1S/C57H90N6O7.139H2/c1-23-54(18,35(3)4)45(59-49(66)69-22)46(64)62-63(53(16,17)42-31-30-41(33-40(42)10)44-39(9)29-26-32-58-44)34-55(19,68)47(52(14,15)43-37(7)27-25-28-38(43)8)60-48(65)57(21,61-50(67)70-36(5)6)56(20,24-2)51(11,12)13;;;;;;;;;;;;;;;;;;;;;;;;;;;;;;;;;;;;;;;;;;;;;;;;;;;;;;;;;;;;;;;;;;;;;;;;;;;;;;;;;;;;;;;;;;;;;;;;;;;;;;;;;;;;;;;;;;;;;;;;;;;;;;;;;;;;;;;;;;;/h25-33,35-36,45,47,68H,23-24,34H2,1-22H3,(H,59,66)(H,60,65)(H,61,67)(H,62,64);139*1H/t45-,47+,54?,55+,56?,57-;;;;;;;;;;;;;;;;;;;;;;;;;;;;;;;;;;;;;;;;;;;;;;;;;;;;;;;;;;;;;;;;;;;;;;;;;;;;;;;;;;;;;;;;;;;;;;;;;;;;;;;;;;;;;;;;;;;;;;;;;;;;;;;;;;;;;;;;;;;/m1.........................................................................................................................................../s1/i25D,27D,28D;11*1+1D;;;;;;;;;;;;;;;;;;;;;;;;;;;;;;;;;;;;;;;;;;;;;;;;;;;;;;;;;;;;;;;;;;;;;;;;;;;;;;;;;;;;;;;;;;;;;;;;;;;;;;;;;;;;;;;;;;;;;;;;;;;;;;;;. The Labute approximate surface area is 649 Å². The number of carbonyl (C=O) groups is 4. The number of nitrogens with one attached hydrogen (secondary N) is 4. The Hall–Kier alpha value is -5.01. The number of aryl methyl sites for hydroxylation is 2. The molecule has 0 saturated heterocycles. The summed E-state index contributed by atoms with van der Waals surface area (Å²) in [5.74, 6) is -1.32. The minimum absolute atomic E-state index is 0. The summed E-state index contributed by atoms with van der Waals surface area (Å²) < 4.78 is 147. The van der Waals surface area contributed by atoms with E-state index in [0.717, 1.165) is 27.9 Å². The minimum atomic E-state index is -2.05. The molecule has 0 aliphatic carbocycles. The zero-order valence-corrected chi connectivity index (χ0v) is 46.7. The highest BCUT2D eigenvalue weighted by molar-refractivity contribution is 5.91. The van der Waals surface area contributed by atoms with Gasteiger partial charge in [-0.3, -0.25) is 20.0 Å². The number of aromatic nitrogens is 1. The van der Waals surface area contributed by atoms with Gasteiger partial charge in [0.25, 0.3) is 5.91 Å². The van der Waals surface area contributed by atoms with Gasteiger partial charge in [-0.1, -0.05) is 112 Å². The largest absolute Gasteiger partial charge is 0.453 e. The molecule has 0 bridgehead atoms. The van der Waals surface area contributed by atoms with Crippen molar-refractivity contribution >= 4 is 24.0 Å². The number of rotatable bonds is 20. The molecule has 3 aromatic rings. The normalized spacial score (nSPS) is 18.6. The fourth-order valence-electron chi connectivity index (χ4n) is 10.7. The fraction of sp³-hybridized carbons (Fsp3) is 0.632. The van der Waals surface area contributed by atoms with Gasteiger partial charge in [0, 0.05) is 244 Å². The van der Waals surface area contributed by atoms with Crippen molar-refractivity contribution in [2.45, 2.75) is 199 Å². The van der Waals surface area contributed by atoms with Crippen LogP contribution in [0.2, 0.25) is 0 Å². The summed E-state index contributed by atoms with van der Waals surface area (Å²) in [6.07, 6.45) is 0.564. The summed E-state index contributed by atoms with van der Waals surface area (Å²) in [6.45, 7) is 38.8. The van der Waals surface area contributed by atoms with Gasteiger partial charge in [-0.05, 0) is 144 Å². The molecule has 0 saturated carbocycles. The number of nitrogens with zero attached hydrogens (tertiary/aromatic N) is 2. The second-order valence-corrected chi connectivity index (χ2v) is 23.0. The van der Waals surface area contributed by atoms with E-state index < -0.39 is 80.5 Å². The third-order valence-corrected chi connectivity index (χ3v) is 16.1. The molecule has 2 aromatic carbocycles. The average molecular weight is 1280 g/mol. The molecule has 1 aromatic heterocycles. The van der Waals surface area contributed by atoms with Crippen molar-refractivity contribution < 1.29 is 253 Å². The summed E-state index contributed by atoms with van der Waals surface area (Å²) in [5, 5.41) is 24.4. The lowest BCUT2D eigenvalue weighted by atomic mass is 9.55. The highest BCUT2D eigenvalue weighted by atomic mass is 16.6. The molecular formula is C57H368N6O7. The summed E-state index contributed by atoms with van der Waals surface area (Å²) in [4.78, 5) is 62.6. The molecule has 2 unspecified atom stereocenters. The first-order chi connectivity index (χ1) is 44.3. The number of hydrogen-bond donors (Lipinski definition) is 5. The average Bonchev–Trinajstić information content (AvgIpc) is 0.723. The van der Waals surface area contributed by atoms with Crippen molar-refractivity contribution in [1.82, 2.24) is 31.4 Å². The van der Waals surface area contributed by atoms with Gasteiger partial charge in [-0.25, -0.2) is 14.6 Å². The van der Waals surface area contributed by atoms with Crippen molar-refractivity contribution in [1.29, 1.82) is 0 Å². The molecule has 0 fully saturated rings. The molecule has 5 N–H and O–H groups in total. The topological polar surface area (TPSA) is 171 Å². The zero-order chi connectivity index (χ0) is 78.4. The van der Waals surface area contributed by atoms with Crippen LogP contribution < -0.4 is 21.4 Å². The van der Waals surface area contributed by atoms with E-state index in [2.05, 4.69) is 26.4 Å². The van der Waals surface area contributed by atoms with Gasteiger partial charge < -0.3 is 30.5 Å². The first-order valence-electron chi connectivity index (χ1n) is 37.3. The monoisotopic (exact) mass is 1280 g/mol. The van der Waals surface area contributed by atoms with E-state index in [9.17, 15) is 14.7 Å². The number of benzene rings is 2. The molecule has 3 rings (SSSR count). The second-order valence-electron chi connectivity index (χ2n) is 23.0. The maximum absolute atomic E-state index is 15.8. The molecule has 0 aliphatic heterocycles. The predicted molar refractivity (Wildman–Crippen MR) is 576 cm³/mol. The number of carbonyl (C=O) groups excluding carboxylic acids is 4. The van der Waals surface area contributed by atoms with Gasteiger partial charge in [0.2, 0.25) is 5.91 Å². The van der Waals surface area contributed by atoms with Crippen molar-refractivity contribution in [3.63, 3.8) is 0 Å². The summed E-state index contributed by atoms with van der Waals surface area (Å²) >= 11 is 0. The van der Waals surface area contributed by atoms with Gasteiger partial charge >= 0.3 is 12.2 Å². The summed E-state index contributed by atoms with van der Waals surface area (Å²) in [6, 6.07) is 6.80. The van der Waals surface area contributed by atoms with Crippen LogP contribution in [-0.4, -0.2) is 82.1 Å². The van der Waals surface area contributed by atoms with Gasteiger partial charge in [0.15, 0.2) is 0 Å². The maximum Gasteiger partial charge on any atom is 0.408 e. The molecule has 6 atom stereocenters. The summed E-state index contributed by atoms with van der Waals surface area (Å²) in [7, 11) is 1.23. The molecule has 70 heavy (non-hydrogen) atoms. The van der Waals surface area contributed by atoms with Crippen molar-refractivity contribution in [3.05, 3.63) is 88.0 Å². The molecule has 668 valence electrons. The Kier molecular flexibility index (Phi) is 12.9. The molecule has 0 spiro atoms. The van der Waals surface area contributed by atoms with Gasteiger partial charge in [-0.2, -0.15) is 0 Å². The third kappa shape index (κ3) is 12.2. The first-order valence-corrected chi connectivity index (χ1v) is 24.8. The van der Waals surface area contributed by atoms with Crippen LogP contribution in [0.3, 0.4) is 0 Å². The predicted octanol–water partition coefficient (Wildman–Crippen LogP) is 45.1. The van der Waals surface area contributed by atoms with E-state index in [4.69, 9.17) is 46.3 Å². The highest BCUT2D eigenvalue weighted by Crippen LogP contribution is 2.50. The second kappa shape index (κ2) is 22.2. The number of amides is 4. The van der Waals surface area contributed by atoms with E-state index in [1.165, 1.54) is 7.11 Å². The number of methoxy groups -OCH3 is 1. The number of hydrogen-bond acceptors (Lipinski definition) is 9. The SMILES string of the molecule is [2H][2H].[2H][2H].[2H][2H].[2H][2H].[2H][2H].[2H][2H].[2H][2H].[2H][2H].[2H][2H].[2H][2H].[2H][2H].[2H]c1c([2H])c(C)c(C(C)(C)[C@H](NC(=O)[C@@](C)(NC(=O)OC(C)C)C(C)(CC)C(C)(C)C)[C@@](C)(O)CN(NC(=O)[C@@H](NC(=O)OC)C(C)(CC)C(C)C)C(C)(C)c2ccc(-c3ncccc3C)cc2C)c(C)c1[2H].[HH].[HH].[HH].[HH].[HH].[HH].[HH].[HH].[HH].[HH].[HH].[HH].[HH].[HH].[HH].[HH].[HH].[HH].[HH].[HH].[HH].[HH].[HH].[HH].[HH].[HH].[HH].[HH].[HH].[HH].[HH].[HH].[HH].[HH].[HH].[HH].[HH].[HH].[HH].[HH].[HH].[HH].[HH].[HH].[HH].[HH].[HH].[HH].[HH].[HH].[HH].[HH].[HH].[HH].[HH].[HH].[HH].[HH].[HH].[HH].[HH].[HH].[HH].[HH].[HH].[HH].[HH].[HH].[HH].[HH].[HH].[HH].[HH].[HH].[HH].[HH].[HH].[HH].[HH].[HH].[HH].[HH].[HH].[HH].[HH].[HH].[HH].[HH].[HH].[HH].[HH].[HH].[HH].[HH].[HH].[HH].[HH].[HH].[HH].[HH].[HH].[HH].[HH].[HH].[HH].[HH].[HH].[HH].[HH].[HH].[HH].[HH].[HH].[HH].[HH].[HH].[HH].[HH].[HH].[HH].[HH].[HH].[HH].[HH].[HH].[HH].[HH].[HH]. The van der Waals surface area contributed by atoms with E-state index in [0.29, 0.717) is 29.5 Å².